The maximum Gasteiger partial charge on any atom is 0.374 e. The van der Waals surface area contributed by atoms with E-state index in [0.29, 0.717) is 17.9 Å². The van der Waals surface area contributed by atoms with Crippen LogP contribution in [-0.2, 0) is 0 Å². The maximum atomic E-state index is 11.3. The molecule has 3 aromatic rings. The molecule has 1 aliphatic heterocycles. The highest BCUT2D eigenvalue weighted by atomic mass is 35.5. The normalized spacial score (nSPS) is 14.8. The molecule has 0 amide bonds. The summed E-state index contributed by atoms with van der Waals surface area (Å²) in [5.41, 5.74) is 1.80. The molecule has 1 saturated heterocycles. The van der Waals surface area contributed by atoms with Crippen molar-refractivity contribution in [2.24, 2.45) is 0 Å². The van der Waals surface area contributed by atoms with Gasteiger partial charge in [-0.05, 0) is 43.3 Å². The molecule has 2 heterocycles. The van der Waals surface area contributed by atoms with Crippen LogP contribution in [-0.4, -0.2) is 65.2 Å². The number of carbonyl (C=O) groups is 1. The van der Waals surface area contributed by atoms with E-state index in [4.69, 9.17) is 11.6 Å². The molecule has 0 bridgehead atoms. The Kier molecular flexibility index (Phi) is 6.30. The Bertz CT molecular complexity index is 1040. The largest absolute Gasteiger partial charge is 0.475 e. The van der Waals surface area contributed by atoms with Crippen LogP contribution >= 0.6 is 11.6 Å². The number of aromatic nitrogens is 2. The van der Waals surface area contributed by atoms with Crippen LogP contribution in [0.4, 0.5) is 11.5 Å². The van der Waals surface area contributed by atoms with E-state index in [-0.39, 0.29) is 5.82 Å². The predicted octanol–water partition coefficient (Wildman–Crippen LogP) is 3.61. The number of aromatic carboxylic acids is 1. The number of hydrogen-bond acceptors (Lipinski definition) is 6. The van der Waals surface area contributed by atoms with E-state index in [9.17, 15) is 9.90 Å². The molecule has 30 heavy (non-hydrogen) atoms. The van der Waals surface area contributed by atoms with Crippen LogP contribution in [0, 0.1) is 0 Å². The third kappa shape index (κ3) is 4.80. The Hall–Kier alpha value is -2.90. The summed E-state index contributed by atoms with van der Waals surface area (Å²) in [6.07, 6.45) is 0.942. The fourth-order valence-electron chi connectivity index (χ4n) is 3.72. The van der Waals surface area contributed by atoms with Gasteiger partial charge in [0.15, 0.2) is 0 Å². The van der Waals surface area contributed by atoms with Gasteiger partial charge in [0.2, 0.25) is 5.82 Å². The molecule has 8 heteroatoms. The van der Waals surface area contributed by atoms with Gasteiger partial charge in [0.1, 0.15) is 5.82 Å². The summed E-state index contributed by atoms with van der Waals surface area (Å²) in [5, 5.41) is 14.2. The second kappa shape index (κ2) is 9.28. The number of rotatable bonds is 7. The predicted molar refractivity (Wildman–Crippen MR) is 120 cm³/mol. The minimum Gasteiger partial charge on any atom is -0.475 e. The van der Waals surface area contributed by atoms with Crippen molar-refractivity contribution in [2.75, 3.05) is 49.5 Å². The summed E-state index contributed by atoms with van der Waals surface area (Å²) < 4.78 is 0. The van der Waals surface area contributed by atoms with Crippen molar-refractivity contribution in [1.29, 1.82) is 0 Å². The number of carboxylic acids is 1. The van der Waals surface area contributed by atoms with Crippen LogP contribution in [0.3, 0.4) is 0 Å². The fraction of sp³-hybridized carbons (Fsp3) is 0.318. The van der Waals surface area contributed by atoms with Gasteiger partial charge in [-0.2, -0.15) is 0 Å². The third-order valence-electron chi connectivity index (χ3n) is 5.28. The Balaban J connectivity index is 1.28. The van der Waals surface area contributed by atoms with Crippen molar-refractivity contribution in [3.05, 3.63) is 59.4 Å². The Morgan fingerprint density at radius 2 is 1.87 bits per heavy atom. The summed E-state index contributed by atoms with van der Waals surface area (Å²) in [6, 6.07) is 15.4. The number of nitrogens with one attached hydrogen (secondary N) is 1. The standard InChI is InChI=1S/C22H24ClN5O2/c23-16-5-3-6-17(15-16)28-13-11-27(12-14-28)10-4-9-24-20-18-7-1-2-8-19(18)25-21(26-20)22(29)30/h1-3,5-8,15H,4,9-14H2,(H,29,30)(H,24,25,26). The zero-order chi connectivity index (χ0) is 20.9. The first kappa shape index (κ1) is 20.4. The van der Waals surface area contributed by atoms with Crippen molar-refractivity contribution in [2.45, 2.75) is 6.42 Å². The Morgan fingerprint density at radius 3 is 2.63 bits per heavy atom. The molecule has 1 aromatic heterocycles. The lowest BCUT2D eigenvalue weighted by molar-refractivity contribution is 0.0684. The van der Waals surface area contributed by atoms with Gasteiger partial charge >= 0.3 is 5.97 Å². The fourth-order valence-corrected chi connectivity index (χ4v) is 3.90. The molecule has 0 saturated carbocycles. The van der Waals surface area contributed by atoms with Crippen LogP contribution < -0.4 is 10.2 Å². The van der Waals surface area contributed by atoms with Gasteiger partial charge in [0.05, 0.1) is 5.52 Å². The Labute approximate surface area is 180 Å². The number of halogens is 1. The lowest BCUT2D eigenvalue weighted by Crippen LogP contribution is -2.46. The summed E-state index contributed by atoms with van der Waals surface area (Å²) in [7, 11) is 0. The first-order valence-corrected chi connectivity index (χ1v) is 10.4. The number of carboxylic acid groups (broad SMARTS) is 1. The summed E-state index contributed by atoms with van der Waals surface area (Å²) in [4.78, 5) is 24.4. The molecule has 156 valence electrons. The summed E-state index contributed by atoms with van der Waals surface area (Å²) in [5.74, 6) is -0.738. The van der Waals surface area contributed by atoms with Crippen molar-refractivity contribution in [1.82, 2.24) is 14.9 Å². The molecule has 1 aliphatic rings. The van der Waals surface area contributed by atoms with E-state index in [0.717, 1.165) is 49.6 Å². The van der Waals surface area contributed by atoms with Crippen molar-refractivity contribution in [3.63, 3.8) is 0 Å². The lowest BCUT2D eigenvalue weighted by atomic mass is 10.2. The minimum atomic E-state index is -1.12. The lowest BCUT2D eigenvalue weighted by Gasteiger charge is -2.36. The first-order valence-electron chi connectivity index (χ1n) is 10.1. The van der Waals surface area contributed by atoms with E-state index in [2.05, 4.69) is 31.2 Å². The minimum absolute atomic E-state index is 0.187. The number of fused-ring (bicyclic) bond motifs is 1. The molecular weight excluding hydrogens is 402 g/mol. The van der Waals surface area contributed by atoms with Crippen LogP contribution in [0.2, 0.25) is 5.02 Å². The maximum absolute atomic E-state index is 11.3. The van der Waals surface area contributed by atoms with Gasteiger partial charge in [-0.25, -0.2) is 14.8 Å². The Morgan fingerprint density at radius 1 is 1.07 bits per heavy atom. The van der Waals surface area contributed by atoms with Crippen molar-refractivity contribution >= 4 is 40.0 Å². The smallest absolute Gasteiger partial charge is 0.374 e. The number of para-hydroxylation sites is 1. The van der Waals surface area contributed by atoms with Crippen LogP contribution in [0.1, 0.15) is 17.0 Å². The van der Waals surface area contributed by atoms with Gasteiger partial charge in [0.25, 0.3) is 0 Å². The zero-order valence-corrected chi connectivity index (χ0v) is 17.3. The van der Waals surface area contributed by atoms with Gasteiger partial charge in [-0.3, -0.25) is 4.90 Å². The van der Waals surface area contributed by atoms with Crippen molar-refractivity contribution < 1.29 is 9.90 Å². The average molecular weight is 426 g/mol. The van der Waals surface area contributed by atoms with Gasteiger partial charge < -0.3 is 15.3 Å². The van der Waals surface area contributed by atoms with Gasteiger partial charge in [0, 0.05) is 48.8 Å². The number of piperazine rings is 1. The summed E-state index contributed by atoms with van der Waals surface area (Å²) >= 11 is 6.11. The topological polar surface area (TPSA) is 81.6 Å². The van der Waals surface area contributed by atoms with Crippen LogP contribution in [0.5, 0.6) is 0 Å². The van der Waals surface area contributed by atoms with E-state index < -0.39 is 5.97 Å². The number of anilines is 2. The van der Waals surface area contributed by atoms with Crippen LogP contribution in [0.15, 0.2) is 48.5 Å². The molecule has 0 atom stereocenters. The molecule has 0 spiro atoms. The SMILES string of the molecule is O=C(O)c1nc(NCCCN2CCN(c3cccc(Cl)c3)CC2)c2ccccc2n1. The molecule has 0 radical (unpaired) electrons. The van der Waals surface area contributed by atoms with Gasteiger partial charge in [-0.1, -0.05) is 29.8 Å². The molecule has 7 nitrogen and oxygen atoms in total. The number of benzene rings is 2. The number of nitrogens with zero attached hydrogens (tertiary/aromatic N) is 4. The zero-order valence-electron chi connectivity index (χ0n) is 16.6. The summed E-state index contributed by atoms with van der Waals surface area (Å²) in [6.45, 7) is 5.66. The van der Waals surface area contributed by atoms with Gasteiger partial charge in [-0.15, -0.1) is 0 Å². The molecule has 0 unspecified atom stereocenters. The molecule has 0 aliphatic carbocycles. The highest BCUT2D eigenvalue weighted by molar-refractivity contribution is 6.30. The van der Waals surface area contributed by atoms with Crippen LogP contribution in [0.25, 0.3) is 10.9 Å². The molecular formula is C22H24ClN5O2. The molecule has 2 N–H and O–H groups in total. The second-order valence-electron chi connectivity index (χ2n) is 7.31. The quantitative estimate of drug-likeness (QED) is 0.559. The highest BCUT2D eigenvalue weighted by Gasteiger charge is 2.17. The second-order valence-corrected chi connectivity index (χ2v) is 7.74. The third-order valence-corrected chi connectivity index (χ3v) is 5.52. The molecule has 1 fully saturated rings. The molecule has 2 aromatic carbocycles. The van der Waals surface area contributed by atoms with E-state index >= 15 is 0 Å². The van der Waals surface area contributed by atoms with Crippen molar-refractivity contribution in [3.8, 4) is 0 Å². The van der Waals surface area contributed by atoms with E-state index in [1.54, 1.807) is 6.07 Å². The molecule has 4 rings (SSSR count). The average Bonchev–Trinajstić information content (AvgIpc) is 2.77. The van der Waals surface area contributed by atoms with E-state index in [1.165, 1.54) is 5.69 Å². The van der Waals surface area contributed by atoms with E-state index in [1.807, 2.05) is 36.4 Å². The highest BCUT2D eigenvalue weighted by Crippen LogP contribution is 2.22. The first-order chi connectivity index (χ1) is 14.6. The number of hydrogen-bond donors (Lipinski definition) is 2. The monoisotopic (exact) mass is 425 g/mol.